The molecule has 0 spiro atoms. The second-order valence-corrected chi connectivity index (χ2v) is 21.0. The maximum absolute atomic E-state index is 12.6. The van der Waals surface area contributed by atoms with Gasteiger partial charge in [0.25, 0.3) is 0 Å². The highest BCUT2D eigenvalue weighted by molar-refractivity contribution is 5.19. The van der Waals surface area contributed by atoms with Crippen molar-refractivity contribution in [3.05, 3.63) is 251 Å². The van der Waals surface area contributed by atoms with Gasteiger partial charge in [-0.3, -0.25) is 0 Å². The van der Waals surface area contributed by atoms with Gasteiger partial charge in [-0.1, -0.05) is 212 Å². The molecule has 0 amide bonds. The van der Waals surface area contributed by atoms with E-state index in [0.717, 1.165) is 38.9 Å². The summed E-state index contributed by atoms with van der Waals surface area (Å²) in [5, 5.41) is 35.8. The highest BCUT2D eigenvalue weighted by atomic mass is 16.8. The van der Waals surface area contributed by atoms with Crippen LogP contribution in [0.5, 0.6) is 0 Å². The van der Waals surface area contributed by atoms with Crippen molar-refractivity contribution in [3.8, 4) is 0 Å². The van der Waals surface area contributed by atoms with Crippen LogP contribution in [0.4, 0.5) is 0 Å². The Hall–Kier alpha value is -6.10. The topological polar surface area (TPSA) is 181 Å². The normalized spacial score (nSPS) is 28.0. The quantitative estimate of drug-likeness (QED) is 0.0405. The minimum Gasteiger partial charge on any atom is -0.394 e. The zero-order chi connectivity index (χ0) is 57.7. The predicted molar refractivity (Wildman–Crippen MR) is 309 cm³/mol. The van der Waals surface area contributed by atoms with E-state index in [4.69, 9.17) is 61.6 Å². The molecular formula is C68H76O16. The Balaban J connectivity index is 0.938. The van der Waals surface area contributed by atoms with E-state index in [1.165, 1.54) is 0 Å². The number of benzene rings is 7. The lowest BCUT2D eigenvalue weighted by molar-refractivity contribution is -0.355. The molecule has 0 bridgehead atoms. The molecule has 3 saturated heterocycles. The molecule has 10 rings (SSSR count). The van der Waals surface area contributed by atoms with Gasteiger partial charge in [-0.2, -0.15) is 0 Å². The van der Waals surface area contributed by atoms with Crippen molar-refractivity contribution in [3.63, 3.8) is 0 Å². The Kier molecular flexibility index (Phi) is 23.1. The third-order valence-corrected chi connectivity index (χ3v) is 15.1. The van der Waals surface area contributed by atoms with Gasteiger partial charge >= 0.3 is 0 Å². The number of methoxy groups -OCH3 is 1. The van der Waals surface area contributed by atoms with Crippen LogP contribution >= 0.6 is 0 Å². The van der Waals surface area contributed by atoms with Crippen LogP contribution in [-0.2, 0) is 108 Å². The van der Waals surface area contributed by atoms with Crippen LogP contribution in [0.3, 0.4) is 0 Å². The number of rotatable bonds is 29. The Labute approximate surface area is 491 Å². The maximum atomic E-state index is 12.6. The summed E-state index contributed by atoms with van der Waals surface area (Å²) < 4.78 is 86.2. The molecule has 3 heterocycles. The van der Waals surface area contributed by atoms with Gasteiger partial charge in [-0.15, -0.1) is 0 Å². The number of hydrogen-bond donors (Lipinski definition) is 3. The molecule has 0 aliphatic carbocycles. The van der Waals surface area contributed by atoms with Gasteiger partial charge < -0.3 is 76.9 Å². The molecule has 0 saturated carbocycles. The molecule has 15 atom stereocenters. The summed E-state index contributed by atoms with van der Waals surface area (Å²) in [6, 6.07) is 67.9. The van der Waals surface area contributed by atoms with Crippen molar-refractivity contribution in [2.24, 2.45) is 0 Å². The fourth-order valence-electron chi connectivity index (χ4n) is 10.6. The summed E-state index contributed by atoms with van der Waals surface area (Å²) >= 11 is 0. The van der Waals surface area contributed by atoms with E-state index in [9.17, 15) is 15.3 Å². The average Bonchev–Trinajstić information content (AvgIpc) is 2.74. The summed E-state index contributed by atoms with van der Waals surface area (Å²) in [5.74, 6) is 0. The summed E-state index contributed by atoms with van der Waals surface area (Å²) in [6.07, 6.45) is -15.8. The van der Waals surface area contributed by atoms with E-state index >= 15 is 0 Å². The Morgan fingerprint density at radius 1 is 0.286 bits per heavy atom. The largest absolute Gasteiger partial charge is 0.394 e. The first-order chi connectivity index (χ1) is 41.4. The first-order valence-corrected chi connectivity index (χ1v) is 28.7. The molecule has 16 nitrogen and oxygen atoms in total. The lowest BCUT2D eigenvalue weighted by Crippen LogP contribution is -2.64. The molecule has 3 aliphatic rings. The summed E-state index contributed by atoms with van der Waals surface area (Å²) in [6.45, 7) is 0.234. The van der Waals surface area contributed by atoms with E-state index in [1.807, 2.05) is 212 Å². The molecule has 444 valence electrons. The Bertz CT molecular complexity index is 2900. The predicted octanol–water partition coefficient (Wildman–Crippen LogP) is 8.65. The summed E-state index contributed by atoms with van der Waals surface area (Å²) in [5.41, 5.74) is 6.29. The smallest absolute Gasteiger partial charge is 0.186 e. The van der Waals surface area contributed by atoms with E-state index in [0.29, 0.717) is 0 Å². The van der Waals surface area contributed by atoms with Crippen LogP contribution in [0.1, 0.15) is 38.9 Å². The highest BCUT2D eigenvalue weighted by Gasteiger charge is 2.53. The molecule has 0 radical (unpaired) electrons. The van der Waals surface area contributed by atoms with Gasteiger partial charge in [0.05, 0.1) is 66.1 Å². The first kappa shape index (κ1) is 61.0. The fraction of sp³-hybridized carbons (Fsp3) is 0.382. The number of aliphatic hydroxyl groups excluding tert-OH is 3. The number of ether oxygens (including phenoxy) is 13. The third-order valence-electron chi connectivity index (χ3n) is 15.1. The molecule has 3 N–H and O–H groups in total. The average molecular weight is 1150 g/mol. The van der Waals surface area contributed by atoms with Crippen molar-refractivity contribution in [1.29, 1.82) is 0 Å². The van der Waals surface area contributed by atoms with Gasteiger partial charge in [0.2, 0.25) is 0 Å². The second kappa shape index (κ2) is 31.9. The second-order valence-electron chi connectivity index (χ2n) is 21.0. The van der Waals surface area contributed by atoms with Crippen LogP contribution < -0.4 is 0 Å². The molecule has 84 heavy (non-hydrogen) atoms. The van der Waals surface area contributed by atoms with Crippen molar-refractivity contribution in [2.45, 2.75) is 138 Å². The van der Waals surface area contributed by atoms with Crippen LogP contribution in [0.25, 0.3) is 0 Å². The monoisotopic (exact) mass is 1150 g/mol. The molecule has 16 heteroatoms. The van der Waals surface area contributed by atoms with Crippen molar-refractivity contribution < 1.29 is 76.9 Å². The van der Waals surface area contributed by atoms with E-state index in [1.54, 1.807) is 7.11 Å². The van der Waals surface area contributed by atoms with Crippen LogP contribution in [0, 0.1) is 0 Å². The maximum Gasteiger partial charge on any atom is 0.186 e. The van der Waals surface area contributed by atoms with Gasteiger partial charge in [0, 0.05) is 7.11 Å². The molecule has 3 fully saturated rings. The van der Waals surface area contributed by atoms with Crippen molar-refractivity contribution in [1.82, 2.24) is 0 Å². The number of hydrogen-bond acceptors (Lipinski definition) is 16. The van der Waals surface area contributed by atoms with Crippen molar-refractivity contribution >= 4 is 0 Å². The number of aliphatic hydroxyl groups is 3. The van der Waals surface area contributed by atoms with Gasteiger partial charge in [0.15, 0.2) is 18.9 Å². The zero-order valence-electron chi connectivity index (χ0n) is 47.1. The Morgan fingerprint density at radius 3 is 0.821 bits per heavy atom. The van der Waals surface area contributed by atoms with E-state index < -0.39 is 98.7 Å². The zero-order valence-corrected chi connectivity index (χ0v) is 47.1. The molecule has 7 aromatic rings. The molecule has 0 aromatic heterocycles. The molecule has 7 aromatic carbocycles. The summed E-state index contributed by atoms with van der Waals surface area (Å²) in [7, 11) is 1.55. The van der Waals surface area contributed by atoms with Crippen LogP contribution in [0.15, 0.2) is 212 Å². The van der Waals surface area contributed by atoms with Crippen LogP contribution in [0.2, 0.25) is 0 Å². The van der Waals surface area contributed by atoms with Gasteiger partial charge in [-0.05, 0) is 38.9 Å². The van der Waals surface area contributed by atoms with E-state index in [-0.39, 0.29) is 59.5 Å². The molecular weight excluding hydrogens is 1070 g/mol. The third kappa shape index (κ3) is 16.9. The van der Waals surface area contributed by atoms with Gasteiger partial charge in [0.1, 0.15) is 73.2 Å². The minimum atomic E-state index is -1.45. The lowest BCUT2D eigenvalue weighted by atomic mass is 9.96. The van der Waals surface area contributed by atoms with E-state index in [2.05, 4.69) is 0 Å². The summed E-state index contributed by atoms with van der Waals surface area (Å²) in [4.78, 5) is 0. The lowest BCUT2D eigenvalue weighted by Gasteiger charge is -2.47. The van der Waals surface area contributed by atoms with Crippen molar-refractivity contribution in [2.75, 3.05) is 26.9 Å². The van der Waals surface area contributed by atoms with Crippen LogP contribution in [-0.4, -0.2) is 134 Å². The SMILES string of the molecule is CO[C@H]1O[C@H](CO[C@H]2O[C@H](CO[C@H]3O[C@H](CO)[C@@H](OCc4ccccc4)[C@H](OCc4ccccc4)[C@H]3O)[C@@H](OCc3ccccc3)[C@H](OCc3ccccc3)[C@H]2O)[C@@H](OCc2ccccc2)[C@H](OCc2ccccc2)[C@H]1OCc1ccccc1. The fourth-order valence-corrected chi connectivity index (χ4v) is 10.6. The molecule has 3 aliphatic heterocycles. The minimum absolute atomic E-state index is 0.100. The Morgan fingerprint density at radius 2 is 0.524 bits per heavy atom. The highest BCUT2D eigenvalue weighted by Crippen LogP contribution is 2.35. The molecule has 0 unspecified atom stereocenters. The van der Waals surface area contributed by atoms with Gasteiger partial charge in [-0.25, -0.2) is 0 Å². The standard InChI is InChI=1S/C68H76O16/c1-72-68-65(79-44-53-35-21-8-22-36-53)64(78-43-52-33-19-7-20-34-52)61(75-40-49-27-13-4-14-28-49)56(84-68)46-81-67-58(71)63(77-42-51-31-17-6-18-32-51)60(74-39-48-25-11-3-12-26-48)55(83-67)45-80-66-57(70)62(76-41-50-29-15-5-16-30-50)59(54(37-69)82-66)73-38-47-23-9-2-10-24-47/h2-36,54-71H,37-46H2,1H3/t54-,55-,56-,57-,58-,59-,60-,61-,62-,63-,64+,65-,66+,67+,68+/m1/s1. The first-order valence-electron chi connectivity index (χ1n) is 28.7.